The number of nitrogens with one attached hydrogen (secondary N) is 1. The second kappa shape index (κ2) is 7.08. The lowest BCUT2D eigenvalue weighted by atomic mass is 10.0. The van der Waals surface area contributed by atoms with Crippen LogP contribution in [0.4, 0.5) is 8.78 Å². The molecule has 0 aliphatic carbocycles. The van der Waals surface area contributed by atoms with E-state index in [4.69, 9.17) is 0 Å². The third kappa shape index (κ3) is 3.89. The Labute approximate surface area is 144 Å². The minimum Gasteiger partial charge on any atom is -0.265 e. The third-order valence-electron chi connectivity index (χ3n) is 3.65. The molecule has 0 saturated heterocycles. The second-order valence-corrected chi connectivity index (χ2v) is 7.04. The Kier molecular flexibility index (Phi) is 4.87. The average Bonchev–Trinajstić information content (AvgIpc) is 2.63. The van der Waals surface area contributed by atoms with E-state index in [-0.39, 0.29) is 4.90 Å². The van der Waals surface area contributed by atoms with Crippen molar-refractivity contribution in [2.45, 2.75) is 10.9 Å². The summed E-state index contributed by atoms with van der Waals surface area (Å²) in [5.74, 6) is -2.32. The molecule has 0 saturated carbocycles. The molecule has 2 aromatic carbocycles. The van der Waals surface area contributed by atoms with Gasteiger partial charge in [-0.3, -0.25) is 4.98 Å². The number of pyridine rings is 1. The number of sulfonamides is 1. The molecule has 25 heavy (non-hydrogen) atoms. The molecule has 1 N–H and O–H groups in total. The molecule has 0 fully saturated rings. The molecule has 0 amide bonds. The predicted molar refractivity (Wildman–Crippen MR) is 89.2 cm³/mol. The molecule has 0 aliphatic rings. The Morgan fingerprint density at radius 1 is 0.840 bits per heavy atom. The molecule has 0 spiro atoms. The molecule has 0 aliphatic heterocycles. The summed E-state index contributed by atoms with van der Waals surface area (Å²) in [6.45, 7) is 0. The van der Waals surface area contributed by atoms with Gasteiger partial charge in [0.05, 0.1) is 10.9 Å². The molecule has 4 nitrogen and oxygen atoms in total. The fourth-order valence-electron chi connectivity index (χ4n) is 2.40. The lowest BCUT2D eigenvalue weighted by molar-refractivity contribution is 0.504. The number of benzene rings is 2. The van der Waals surface area contributed by atoms with Crippen LogP contribution in [0.5, 0.6) is 0 Å². The van der Waals surface area contributed by atoms with E-state index in [1.165, 1.54) is 0 Å². The smallest absolute Gasteiger partial charge is 0.241 e. The van der Waals surface area contributed by atoms with Crippen molar-refractivity contribution in [1.82, 2.24) is 9.71 Å². The number of aromatic nitrogens is 1. The Morgan fingerprint density at radius 3 is 2.12 bits per heavy atom. The zero-order valence-corrected chi connectivity index (χ0v) is 13.7. The van der Waals surface area contributed by atoms with E-state index in [0.717, 1.165) is 12.1 Å². The van der Waals surface area contributed by atoms with Gasteiger partial charge in [-0.25, -0.2) is 17.2 Å². The molecule has 1 heterocycles. The van der Waals surface area contributed by atoms with Gasteiger partial charge in [-0.15, -0.1) is 0 Å². The molecule has 1 atom stereocenters. The SMILES string of the molecule is O=S(=O)(N[C@H](c1ccccc1)c1ccncc1)c1ccc(F)c(F)c1. The standard InChI is InChI=1S/C18H14F2N2O2S/c19-16-7-6-15(12-17(16)20)25(23,24)22-18(13-4-2-1-3-5-13)14-8-10-21-11-9-14/h1-12,18,22H/t18-/m1/s1. The molecule has 0 bridgehead atoms. The van der Waals surface area contributed by atoms with Crippen LogP contribution in [0.15, 0.2) is 78.0 Å². The van der Waals surface area contributed by atoms with E-state index < -0.39 is 27.7 Å². The van der Waals surface area contributed by atoms with Crippen LogP contribution in [0.1, 0.15) is 17.2 Å². The Morgan fingerprint density at radius 2 is 1.48 bits per heavy atom. The van der Waals surface area contributed by atoms with Gasteiger partial charge in [0.25, 0.3) is 0 Å². The van der Waals surface area contributed by atoms with Crippen molar-refractivity contribution in [2.24, 2.45) is 0 Å². The number of nitrogens with zero attached hydrogens (tertiary/aromatic N) is 1. The Balaban J connectivity index is 2.01. The van der Waals surface area contributed by atoms with Crippen molar-refractivity contribution >= 4 is 10.0 Å². The monoisotopic (exact) mass is 360 g/mol. The van der Waals surface area contributed by atoms with Gasteiger partial charge >= 0.3 is 0 Å². The number of halogens is 2. The topological polar surface area (TPSA) is 59.1 Å². The summed E-state index contributed by atoms with van der Waals surface area (Å²) in [6, 6.07) is 14.1. The molecule has 3 rings (SSSR count). The first kappa shape index (κ1) is 17.2. The quantitative estimate of drug-likeness (QED) is 0.758. The largest absolute Gasteiger partial charge is 0.265 e. The zero-order chi connectivity index (χ0) is 17.9. The van der Waals surface area contributed by atoms with Crippen LogP contribution in [0.3, 0.4) is 0 Å². The average molecular weight is 360 g/mol. The molecule has 3 aromatic rings. The Bertz CT molecular complexity index is 925. The minimum atomic E-state index is -4.07. The van der Waals surface area contributed by atoms with Crippen molar-refractivity contribution in [3.8, 4) is 0 Å². The molecule has 1 aromatic heterocycles. The van der Waals surface area contributed by atoms with Crippen LogP contribution in [0.25, 0.3) is 0 Å². The van der Waals surface area contributed by atoms with Crippen LogP contribution < -0.4 is 4.72 Å². The van der Waals surface area contributed by atoms with Crippen LogP contribution in [-0.4, -0.2) is 13.4 Å². The molecule has 0 radical (unpaired) electrons. The molecular weight excluding hydrogens is 346 g/mol. The normalized spacial score (nSPS) is 12.7. The first-order chi connectivity index (χ1) is 12.0. The highest BCUT2D eigenvalue weighted by molar-refractivity contribution is 7.89. The van der Waals surface area contributed by atoms with E-state index in [9.17, 15) is 17.2 Å². The highest BCUT2D eigenvalue weighted by Gasteiger charge is 2.23. The molecule has 7 heteroatoms. The van der Waals surface area contributed by atoms with Crippen molar-refractivity contribution in [3.63, 3.8) is 0 Å². The van der Waals surface area contributed by atoms with Crippen molar-refractivity contribution in [3.05, 3.63) is 95.8 Å². The van der Waals surface area contributed by atoms with Crippen LogP contribution in [-0.2, 0) is 10.0 Å². The van der Waals surface area contributed by atoms with Gasteiger partial charge in [-0.2, -0.15) is 4.72 Å². The van der Waals surface area contributed by atoms with Gasteiger partial charge in [0.1, 0.15) is 0 Å². The van der Waals surface area contributed by atoms with E-state index in [1.807, 2.05) is 6.07 Å². The first-order valence-electron chi connectivity index (χ1n) is 7.39. The van der Waals surface area contributed by atoms with Crippen molar-refractivity contribution < 1.29 is 17.2 Å². The van der Waals surface area contributed by atoms with Crippen molar-refractivity contribution in [2.75, 3.05) is 0 Å². The van der Waals surface area contributed by atoms with Gasteiger partial charge in [0, 0.05) is 12.4 Å². The highest BCUT2D eigenvalue weighted by atomic mass is 32.2. The third-order valence-corrected chi connectivity index (χ3v) is 5.07. The fourth-order valence-corrected chi connectivity index (χ4v) is 3.62. The van der Waals surface area contributed by atoms with E-state index in [1.54, 1.807) is 48.8 Å². The first-order valence-corrected chi connectivity index (χ1v) is 8.88. The summed E-state index contributed by atoms with van der Waals surface area (Å²) in [7, 11) is -4.07. The summed E-state index contributed by atoms with van der Waals surface area (Å²) in [6.07, 6.45) is 3.11. The van der Waals surface area contributed by atoms with Crippen LogP contribution in [0, 0.1) is 11.6 Å². The van der Waals surface area contributed by atoms with Crippen molar-refractivity contribution in [1.29, 1.82) is 0 Å². The molecule has 0 unspecified atom stereocenters. The van der Waals surface area contributed by atoms with E-state index >= 15 is 0 Å². The highest BCUT2D eigenvalue weighted by Crippen LogP contribution is 2.24. The van der Waals surface area contributed by atoms with Gasteiger partial charge in [0.15, 0.2) is 11.6 Å². The van der Waals surface area contributed by atoms with E-state index in [2.05, 4.69) is 9.71 Å². The maximum Gasteiger partial charge on any atom is 0.241 e. The van der Waals surface area contributed by atoms with Gasteiger partial charge in [-0.1, -0.05) is 30.3 Å². The van der Waals surface area contributed by atoms with Crippen LogP contribution in [0.2, 0.25) is 0 Å². The summed E-state index contributed by atoms with van der Waals surface area (Å²) >= 11 is 0. The molecule has 128 valence electrons. The fraction of sp³-hybridized carbons (Fsp3) is 0.0556. The molecular formula is C18H14F2N2O2S. The summed E-state index contributed by atoms with van der Waals surface area (Å²) < 4.78 is 54.3. The predicted octanol–water partition coefficient (Wildman–Crippen LogP) is 3.43. The summed E-state index contributed by atoms with van der Waals surface area (Å²) in [4.78, 5) is 3.58. The maximum atomic E-state index is 13.4. The lowest BCUT2D eigenvalue weighted by Crippen LogP contribution is -2.29. The van der Waals surface area contributed by atoms with Gasteiger partial charge in [-0.05, 0) is 41.5 Å². The second-order valence-electron chi connectivity index (χ2n) is 5.32. The number of hydrogen-bond acceptors (Lipinski definition) is 3. The number of rotatable bonds is 5. The minimum absolute atomic E-state index is 0.346. The maximum absolute atomic E-state index is 13.4. The number of hydrogen-bond donors (Lipinski definition) is 1. The summed E-state index contributed by atoms with van der Waals surface area (Å²) in [5, 5.41) is 0. The zero-order valence-electron chi connectivity index (χ0n) is 12.9. The van der Waals surface area contributed by atoms with Crippen LogP contribution >= 0.6 is 0 Å². The van der Waals surface area contributed by atoms with Gasteiger partial charge in [0.2, 0.25) is 10.0 Å². The lowest BCUT2D eigenvalue weighted by Gasteiger charge is -2.19. The van der Waals surface area contributed by atoms with E-state index in [0.29, 0.717) is 17.2 Å². The Hall–Kier alpha value is -2.64. The summed E-state index contributed by atoms with van der Waals surface area (Å²) in [5.41, 5.74) is 1.38. The van der Waals surface area contributed by atoms with Gasteiger partial charge < -0.3 is 0 Å².